The molecule has 1 N–H and O–H groups in total. The SMILES string of the molecule is CCc1cc(CCNS(=O)(=O)c2ccc(OC)cc2)ccc1OC. The quantitative estimate of drug-likeness (QED) is 0.796. The average molecular weight is 349 g/mol. The summed E-state index contributed by atoms with van der Waals surface area (Å²) in [5.41, 5.74) is 2.19. The second-order valence-electron chi connectivity index (χ2n) is 5.32. The third-order valence-corrected chi connectivity index (χ3v) is 5.28. The summed E-state index contributed by atoms with van der Waals surface area (Å²) in [5.74, 6) is 1.49. The molecule has 0 bridgehead atoms. The van der Waals surface area contributed by atoms with Crippen LogP contribution in [-0.2, 0) is 22.9 Å². The second-order valence-corrected chi connectivity index (χ2v) is 7.09. The van der Waals surface area contributed by atoms with Crippen molar-refractivity contribution in [3.05, 3.63) is 53.6 Å². The maximum absolute atomic E-state index is 12.3. The third-order valence-electron chi connectivity index (χ3n) is 3.80. The van der Waals surface area contributed by atoms with Crippen molar-refractivity contribution < 1.29 is 17.9 Å². The first-order valence-electron chi connectivity index (χ1n) is 7.79. The van der Waals surface area contributed by atoms with Crippen LogP contribution in [0.15, 0.2) is 47.4 Å². The van der Waals surface area contributed by atoms with Gasteiger partial charge in [-0.1, -0.05) is 19.1 Å². The van der Waals surface area contributed by atoms with Gasteiger partial charge in [0.1, 0.15) is 11.5 Å². The van der Waals surface area contributed by atoms with E-state index in [9.17, 15) is 8.42 Å². The zero-order valence-electron chi connectivity index (χ0n) is 14.2. The van der Waals surface area contributed by atoms with E-state index >= 15 is 0 Å². The summed E-state index contributed by atoms with van der Waals surface area (Å²) < 4.78 is 37.5. The van der Waals surface area contributed by atoms with Crippen molar-refractivity contribution in [2.24, 2.45) is 0 Å². The predicted octanol–water partition coefficient (Wildman–Crippen LogP) is 2.79. The molecule has 0 heterocycles. The molecule has 0 aliphatic heterocycles. The van der Waals surface area contributed by atoms with Gasteiger partial charge in [-0.2, -0.15) is 0 Å². The smallest absolute Gasteiger partial charge is 0.240 e. The lowest BCUT2D eigenvalue weighted by atomic mass is 10.1. The molecule has 5 nitrogen and oxygen atoms in total. The molecule has 0 aliphatic carbocycles. The second kappa shape index (κ2) is 8.17. The molecule has 0 radical (unpaired) electrons. The van der Waals surface area contributed by atoms with Crippen molar-refractivity contribution in [3.8, 4) is 11.5 Å². The Bertz CT molecular complexity index is 770. The number of hydrogen-bond acceptors (Lipinski definition) is 4. The van der Waals surface area contributed by atoms with Gasteiger partial charge in [0.2, 0.25) is 10.0 Å². The minimum atomic E-state index is -3.51. The molecule has 130 valence electrons. The molecule has 2 rings (SSSR count). The predicted molar refractivity (Wildman–Crippen MR) is 94.3 cm³/mol. The third kappa shape index (κ3) is 4.49. The van der Waals surface area contributed by atoms with Crippen LogP contribution in [0.5, 0.6) is 11.5 Å². The summed E-state index contributed by atoms with van der Waals surface area (Å²) in [6.45, 7) is 2.40. The van der Waals surface area contributed by atoms with Crippen molar-refractivity contribution in [2.45, 2.75) is 24.7 Å². The zero-order chi connectivity index (χ0) is 17.6. The molecule has 2 aromatic carbocycles. The van der Waals surface area contributed by atoms with Crippen molar-refractivity contribution in [1.29, 1.82) is 0 Å². The molecule has 0 unspecified atom stereocenters. The molecule has 0 fully saturated rings. The van der Waals surface area contributed by atoms with Gasteiger partial charge in [-0.15, -0.1) is 0 Å². The monoisotopic (exact) mass is 349 g/mol. The topological polar surface area (TPSA) is 64.6 Å². The summed E-state index contributed by atoms with van der Waals surface area (Å²) in [4.78, 5) is 0.229. The Hall–Kier alpha value is -2.05. The van der Waals surface area contributed by atoms with Gasteiger partial charge >= 0.3 is 0 Å². The van der Waals surface area contributed by atoms with Crippen LogP contribution in [0.3, 0.4) is 0 Å². The Kier molecular flexibility index (Phi) is 6.23. The summed E-state index contributed by atoms with van der Waals surface area (Å²) in [7, 11) is -0.321. The van der Waals surface area contributed by atoms with Gasteiger partial charge in [-0.05, 0) is 54.3 Å². The molecular weight excluding hydrogens is 326 g/mol. The van der Waals surface area contributed by atoms with E-state index in [1.807, 2.05) is 12.1 Å². The normalized spacial score (nSPS) is 11.3. The molecule has 0 aromatic heterocycles. The Labute approximate surface area is 143 Å². The number of ether oxygens (including phenoxy) is 2. The maximum atomic E-state index is 12.3. The Morgan fingerprint density at radius 3 is 2.29 bits per heavy atom. The molecule has 24 heavy (non-hydrogen) atoms. The van der Waals surface area contributed by atoms with Crippen LogP contribution in [0.2, 0.25) is 0 Å². The maximum Gasteiger partial charge on any atom is 0.240 e. The molecule has 0 spiro atoms. The van der Waals surface area contributed by atoms with Gasteiger partial charge in [0.25, 0.3) is 0 Å². The molecule has 0 amide bonds. The van der Waals surface area contributed by atoms with E-state index in [2.05, 4.69) is 17.7 Å². The summed E-state index contributed by atoms with van der Waals surface area (Å²) >= 11 is 0. The van der Waals surface area contributed by atoms with Gasteiger partial charge in [0.15, 0.2) is 0 Å². The largest absolute Gasteiger partial charge is 0.497 e. The van der Waals surface area contributed by atoms with Crippen LogP contribution in [0.4, 0.5) is 0 Å². The fourth-order valence-corrected chi connectivity index (χ4v) is 3.46. The van der Waals surface area contributed by atoms with Gasteiger partial charge in [-0.25, -0.2) is 13.1 Å². The first-order chi connectivity index (χ1) is 11.5. The number of rotatable bonds is 8. The highest BCUT2D eigenvalue weighted by atomic mass is 32.2. The Morgan fingerprint density at radius 2 is 1.71 bits per heavy atom. The summed E-state index contributed by atoms with van der Waals surface area (Å²) in [5, 5.41) is 0. The Morgan fingerprint density at radius 1 is 1.00 bits per heavy atom. The molecule has 0 saturated carbocycles. The molecule has 0 saturated heterocycles. The number of aryl methyl sites for hydroxylation is 1. The minimum absolute atomic E-state index is 0.229. The van der Waals surface area contributed by atoms with E-state index in [0.29, 0.717) is 18.7 Å². The molecule has 2 aromatic rings. The van der Waals surface area contributed by atoms with Crippen LogP contribution in [0, 0.1) is 0 Å². The first-order valence-corrected chi connectivity index (χ1v) is 9.28. The standard InChI is InChI=1S/C18H23NO4S/c1-4-15-13-14(5-10-18(15)23-3)11-12-19-24(20,21)17-8-6-16(22-2)7-9-17/h5-10,13,19H,4,11-12H2,1-3H3. The van der Waals surface area contributed by atoms with Crippen molar-refractivity contribution in [2.75, 3.05) is 20.8 Å². The zero-order valence-corrected chi connectivity index (χ0v) is 15.0. The van der Waals surface area contributed by atoms with Crippen molar-refractivity contribution in [1.82, 2.24) is 4.72 Å². The molecular formula is C18H23NO4S. The van der Waals surface area contributed by atoms with E-state index in [-0.39, 0.29) is 4.90 Å². The highest BCUT2D eigenvalue weighted by Crippen LogP contribution is 2.20. The van der Waals surface area contributed by atoms with Gasteiger partial charge < -0.3 is 9.47 Å². The lowest BCUT2D eigenvalue weighted by Crippen LogP contribution is -2.26. The molecule has 6 heteroatoms. The first kappa shape index (κ1) is 18.3. The number of sulfonamides is 1. The summed E-state index contributed by atoms with van der Waals surface area (Å²) in [6.07, 6.45) is 1.49. The van der Waals surface area contributed by atoms with Crippen LogP contribution in [0.25, 0.3) is 0 Å². The van der Waals surface area contributed by atoms with Crippen LogP contribution >= 0.6 is 0 Å². The average Bonchev–Trinajstić information content (AvgIpc) is 2.61. The number of benzene rings is 2. The highest BCUT2D eigenvalue weighted by molar-refractivity contribution is 7.89. The lowest BCUT2D eigenvalue weighted by molar-refractivity contribution is 0.410. The number of hydrogen-bond donors (Lipinski definition) is 1. The van der Waals surface area contributed by atoms with Crippen LogP contribution < -0.4 is 14.2 Å². The van der Waals surface area contributed by atoms with Gasteiger partial charge in [-0.3, -0.25) is 0 Å². The summed E-state index contributed by atoms with van der Waals surface area (Å²) in [6, 6.07) is 12.3. The number of methoxy groups -OCH3 is 2. The molecule has 0 aliphatic rings. The fraction of sp³-hybridized carbons (Fsp3) is 0.333. The molecule has 0 atom stereocenters. The van der Waals surface area contributed by atoms with E-state index in [1.165, 1.54) is 12.1 Å². The van der Waals surface area contributed by atoms with Crippen LogP contribution in [-0.4, -0.2) is 29.2 Å². The van der Waals surface area contributed by atoms with E-state index in [1.54, 1.807) is 26.4 Å². The van der Waals surface area contributed by atoms with Crippen molar-refractivity contribution in [3.63, 3.8) is 0 Å². The van der Waals surface area contributed by atoms with Gasteiger partial charge in [0, 0.05) is 6.54 Å². The van der Waals surface area contributed by atoms with Crippen LogP contribution in [0.1, 0.15) is 18.1 Å². The number of nitrogens with one attached hydrogen (secondary N) is 1. The van der Waals surface area contributed by atoms with E-state index in [4.69, 9.17) is 9.47 Å². The lowest BCUT2D eigenvalue weighted by Gasteiger charge is -2.10. The fourth-order valence-electron chi connectivity index (χ4n) is 2.43. The van der Waals surface area contributed by atoms with E-state index in [0.717, 1.165) is 23.3 Å². The minimum Gasteiger partial charge on any atom is -0.497 e. The van der Waals surface area contributed by atoms with Crippen molar-refractivity contribution >= 4 is 10.0 Å². The van der Waals surface area contributed by atoms with Gasteiger partial charge in [0.05, 0.1) is 19.1 Å². The highest BCUT2D eigenvalue weighted by Gasteiger charge is 2.13. The van der Waals surface area contributed by atoms with E-state index < -0.39 is 10.0 Å². The Balaban J connectivity index is 1.99.